The lowest BCUT2D eigenvalue weighted by molar-refractivity contribution is 1.51. The molecule has 0 saturated carbocycles. The largest absolute Gasteiger partial charge is 0.222 e. The van der Waals surface area contributed by atoms with Crippen molar-refractivity contribution in [2.24, 2.45) is 0 Å². The Labute approximate surface area is 215 Å². The van der Waals surface area contributed by atoms with Crippen LogP contribution >= 0.6 is 68.0 Å². The van der Waals surface area contributed by atoms with Crippen LogP contribution in [0.2, 0.25) is 0 Å². The molecular formula is C25H16N2S6. The Balaban J connectivity index is 1.19. The fraction of sp³-hybridized carbons (Fsp3) is 0.0400. The number of thiazole rings is 2. The van der Waals surface area contributed by atoms with Crippen LogP contribution in [-0.4, -0.2) is 9.97 Å². The van der Waals surface area contributed by atoms with Crippen molar-refractivity contribution in [3.05, 3.63) is 78.3 Å². The van der Waals surface area contributed by atoms with E-state index in [1.165, 1.54) is 34.1 Å². The van der Waals surface area contributed by atoms with Crippen molar-refractivity contribution in [1.82, 2.24) is 9.97 Å². The Kier molecular flexibility index (Phi) is 5.96. The zero-order chi connectivity index (χ0) is 22.2. The van der Waals surface area contributed by atoms with Gasteiger partial charge in [-0.25, -0.2) is 9.97 Å². The highest BCUT2D eigenvalue weighted by Crippen LogP contribution is 2.40. The molecule has 0 fully saturated rings. The van der Waals surface area contributed by atoms with Gasteiger partial charge in [-0.3, -0.25) is 0 Å². The average Bonchev–Trinajstić information content (AvgIpc) is 3.61. The molecule has 0 saturated heterocycles. The standard InChI is InChI=1S/C25H16N2S6/c1-15-4-5-17(29-15)8-9-19-11-13-21(31-19)23-27-25-24(33-23)26-22(32-25)20-12-10-18(30-20)7-6-16-3-2-14-28-16/h2-14H,1H3/b7-6+,9-8+. The monoisotopic (exact) mass is 536 g/mol. The fourth-order valence-corrected chi connectivity index (χ4v) is 8.60. The third-order valence-corrected chi connectivity index (χ3v) is 11.0. The van der Waals surface area contributed by atoms with Crippen LogP contribution in [-0.2, 0) is 0 Å². The van der Waals surface area contributed by atoms with Gasteiger partial charge in [-0.15, -0.1) is 45.3 Å². The van der Waals surface area contributed by atoms with Crippen LogP contribution in [0.5, 0.6) is 0 Å². The Morgan fingerprint density at radius 1 is 0.576 bits per heavy atom. The Morgan fingerprint density at radius 3 is 1.64 bits per heavy atom. The second-order valence-corrected chi connectivity index (χ2v) is 13.7. The molecule has 0 amide bonds. The van der Waals surface area contributed by atoms with Crippen LogP contribution in [0.25, 0.3) is 53.7 Å². The summed E-state index contributed by atoms with van der Waals surface area (Å²) < 4.78 is 0. The van der Waals surface area contributed by atoms with E-state index in [0.717, 1.165) is 19.7 Å². The molecule has 0 spiro atoms. The van der Waals surface area contributed by atoms with Gasteiger partial charge in [0.1, 0.15) is 10.0 Å². The molecule has 8 heteroatoms. The van der Waals surface area contributed by atoms with E-state index in [9.17, 15) is 0 Å². The maximum absolute atomic E-state index is 4.90. The predicted octanol–water partition coefficient (Wildman–Crippen LogP) is 9.98. The Hall–Kier alpha value is -2.20. The number of hydrogen-bond acceptors (Lipinski definition) is 8. The summed E-state index contributed by atoms with van der Waals surface area (Å²) >= 11 is 10.5. The molecule has 0 aromatic carbocycles. The van der Waals surface area contributed by atoms with E-state index in [-0.39, 0.29) is 0 Å². The predicted molar refractivity (Wildman–Crippen MR) is 153 cm³/mol. The van der Waals surface area contributed by atoms with Crippen LogP contribution in [0.15, 0.2) is 53.9 Å². The first-order valence-corrected chi connectivity index (χ1v) is 15.1. The normalized spacial score (nSPS) is 12.2. The van der Waals surface area contributed by atoms with Crippen molar-refractivity contribution < 1.29 is 0 Å². The van der Waals surface area contributed by atoms with Gasteiger partial charge in [0.15, 0.2) is 9.66 Å². The zero-order valence-corrected chi connectivity index (χ0v) is 22.2. The molecule has 0 unspecified atom stereocenters. The maximum atomic E-state index is 4.90. The highest BCUT2D eigenvalue weighted by atomic mass is 32.1. The second-order valence-electron chi connectivity index (χ2n) is 7.18. The van der Waals surface area contributed by atoms with Gasteiger partial charge in [-0.2, -0.15) is 0 Å². The highest BCUT2D eigenvalue weighted by molar-refractivity contribution is 7.32. The van der Waals surface area contributed by atoms with Crippen LogP contribution in [0.3, 0.4) is 0 Å². The Bertz CT molecular complexity index is 1550. The quantitative estimate of drug-likeness (QED) is 0.212. The molecule has 0 aliphatic rings. The molecule has 0 N–H and O–H groups in total. The summed E-state index contributed by atoms with van der Waals surface area (Å²) in [5, 5.41) is 4.21. The summed E-state index contributed by atoms with van der Waals surface area (Å²) in [6.45, 7) is 2.14. The van der Waals surface area contributed by atoms with Crippen molar-refractivity contribution in [3.8, 4) is 19.8 Å². The minimum atomic E-state index is 1.02. The number of aryl methyl sites for hydroxylation is 1. The molecule has 2 nitrogen and oxygen atoms in total. The van der Waals surface area contributed by atoms with Crippen molar-refractivity contribution in [3.63, 3.8) is 0 Å². The van der Waals surface area contributed by atoms with Gasteiger partial charge in [0, 0.05) is 24.4 Å². The van der Waals surface area contributed by atoms with E-state index in [1.807, 2.05) is 11.3 Å². The summed E-state index contributed by atoms with van der Waals surface area (Å²) in [5.74, 6) is 0. The first kappa shape index (κ1) is 21.3. The summed E-state index contributed by atoms with van der Waals surface area (Å²) in [6, 6.07) is 17.2. The SMILES string of the molecule is Cc1ccc(/C=C/c2ccc(-c3nc4sc(-c5ccc(/C=C/c6cccs6)s5)nc4s3)s2)s1. The third kappa shape index (κ3) is 4.73. The summed E-state index contributed by atoms with van der Waals surface area (Å²) in [5.41, 5.74) is 0. The van der Waals surface area contributed by atoms with Crippen molar-refractivity contribution >= 4 is 102 Å². The van der Waals surface area contributed by atoms with E-state index in [2.05, 4.69) is 85.1 Å². The number of hydrogen-bond donors (Lipinski definition) is 0. The minimum Gasteiger partial charge on any atom is -0.222 e. The lowest BCUT2D eigenvalue weighted by Crippen LogP contribution is -1.67. The topological polar surface area (TPSA) is 25.8 Å². The summed E-state index contributed by atoms with van der Waals surface area (Å²) in [6.07, 6.45) is 8.72. The number of rotatable bonds is 6. The molecule has 0 atom stereocenters. The molecule has 33 heavy (non-hydrogen) atoms. The minimum absolute atomic E-state index is 1.02. The molecule has 6 heterocycles. The molecule has 6 aromatic rings. The van der Waals surface area contributed by atoms with Gasteiger partial charge in [-0.1, -0.05) is 28.7 Å². The Morgan fingerprint density at radius 2 is 1.12 bits per heavy atom. The van der Waals surface area contributed by atoms with Gasteiger partial charge >= 0.3 is 0 Å². The second kappa shape index (κ2) is 9.21. The van der Waals surface area contributed by atoms with Crippen molar-refractivity contribution in [1.29, 1.82) is 0 Å². The molecule has 0 radical (unpaired) electrons. The van der Waals surface area contributed by atoms with Crippen LogP contribution < -0.4 is 0 Å². The van der Waals surface area contributed by atoms with Gasteiger partial charge in [0.25, 0.3) is 0 Å². The number of aromatic nitrogens is 2. The fourth-order valence-electron chi connectivity index (χ4n) is 3.22. The van der Waals surface area contributed by atoms with Crippen molar-refractivity contribution in [2.75, 3.05) is 0 Å². The highest BCUT2D eigenvalue weighted by Gasteiger charge is 2.15. The van der Waals surface area contributed by atoms with Crippen LogP contribution in [0.1, 0.15) is 24.4 Å². The molecule has 0 aliphatic heterocycles. The molecule has 162 valence electrons. The summed E-state index contributed by atoms with van der Waals surface area (Å²) in [4.78, 5) is 20.6. The van der Waals surface area contributed by atoms with E-state index >= 15 is 0 Å². The first-order chi connectivity index (χ1) is 16.2. The first-order valence-electron chi connectivity index (χ1n) is 10.1. The molecule has 0 aliphatic carbocycles. The maximum Gasteiger partial charge on any atom is 0.155 e. The van der Waals surface area contributed by atoms with E-state index in [0.29, 0.717) is 0 Å². The van der Waals surface area contributed by atoms with E-state index < -0.39 is 0 Å². The molecule has 6 rings (SSSR count). The lowest BCUT2D eigenvalue weighted by atomic mass is 10.3. The summed E-state index contributed by atoms with van der Waals surface area (Å²) in [7, 11) is 0. The number of nitrogens with zero attached hydrogens (tertiary/aromatic N) is 2. The van der Waals surface area contributed by atoms with Gasteiger partial charge in [0.05, 0.1) is 9.75 Å². The van der Waals surface area contributed by atoms with E-state index in [1.54, 1.807) is 56.7 Å². The van der Waals surface area contributed by atoms with Gasteiger partial charge < -0.3 is 0 Å². The van der Waals surface area contributed by atoms with E-state index in [4.69, 9.17) is 9.97 Å². The third-order valence-electron chi connectivity index (χ3n) is 4.78. The van der Waals surface area contributed by atoms with Crippen LogP contribution in [0.4, 0.5) is 0 Å². The number of thiophene rings is 4. The molecule has 0 bridgehead atoms. The van der Waals surface area contributed by atoms with Crippen molar-refractivity contribution in [2.45, 2.75) is 6.92 Å². The van der Waals surface area contributed by atoms with Gasteiger partial charge in [0.2, 0.25) is 0 Å². The molecule has 6 aromatic heterocycles. The van der Waals surface area contributed by atoms with Crippen LogP contribution in [0, 0.1) is 6.92 Å². The zero-order valence-electron chi connectivity index (χ0n) is 17.3. The lowest BCUT2D eigenvalue weighted by Gasteiger charge is -1.89. The number of fused-ring (bicyclic) bond motifs is 1. The smallest absolute Gasteiger partial charge is 0.155 e. The van der Waals surface area contributed by atoms with Gasteiger partial charge in [-0.05, 0) is 79.1 Å². The molecular weight excluding hydrogens is 521 g/mol. The average molecular weight is 537 g/mol.